The summed E-state index contributed by atoms with van der Waals surface area (Å²) in [5, 5.41) is 14.6. The highest BCUT2D eigenvalue weighted by Gasteiger charge is 2.14. The predicted octanol–water partition coefficient (Wildman–Crippen LogP) is 3.55. The highest BCUT2D eigenvalue weighted by Crippen LogP contribution is 2.26. The molecule has 1 aromatic heterocycles. The molecule has 1 atom stereocenters. The largest absolute Gasteiger partial charge is 0.390 e. The molecule has 0 amide bonds. The normalized spacial score (nSPS) is 12.7. The first-order valence-corrected chi connectivity index (χ1v) is 8.24. The highest BCUT2D eigenvalue weighted by molar-refractivity contribution is 5.85. The number of aromatic nitrogens is 1. The number of fused-ring (bicyclic) bond motifs is 1. The molecule has 2 aromatic carbocycles. The molecule has 0 aliphatic heterocycles. The van der Waals surface area contributed by atoms with Gasteiger partial charge in [0.2, 0.25) is 0 Å². The molecule has 0 aliphatic rings. The quantitative estimate of drug-likeness (QED) is 0.727. The smallest absolute Gasteiger partial charge is 0.123 e. The third-order valence-corrected chi connectivity index (χ3v) is 4.55. The standard InChI is InChI=1S/C20H23FN2O/c1-14-15(2)23(20-9-8-17(21)10-19(14)20)13-18(24)12-22-11-16-6-4-3-5-7-16/h3-10,18,22,24H,11-13H2,1-2H3/t18-/m1/s1. The van der Waals surface area contributed by atoms with Crippen LogP contribution in [0.25, 0.3) is 10.9 Å². The van der Waals surface area contributed by atoms with Gasteiger partial charge in [-0.1, -0.05) is 30.3 Å². The first-order valence-electron chi connectivity index (χ1n) is 8.24. The molecule has 3 rings (SSSR count). The first-order chi connectivity index (χ1) is 11.6. The second-order valence-electron chi connectivity index (χ2n) is 6.25. The molecular formula is C20H23FN2O. The number of rotatable bonds is 6. The second-order valence-corrected chi connectivity index (χ2v) is 6.25. The van der Waals surface area contributed by atoms with E-state index in [1.54, 1.807) is 12.1 Å². The molecular weight excluding hydrogens is 303 g/mol. The summed E-state index contributed by atoms with van der Waals surface area (Å²) in [4.78, 5) is 0. The monoisotopic (exact) mass is 326 g/mol. The predicted molar refractivity (Wildman–Crippen MR) is 95.5 cm³/mol. The summed E-state index contributed by atoms with van der Waals surface area (Å²) in [5.74, 6) is -0.229. The number of hydrogen-bond acceptors (Lipinski definition) is 2. The summed E-state index contributed by atoms with van der Waals surface area (Å²) < 4.78 is 15.5. The zero-order valence-corrected chi connectivity index (χ0v) is 14.1. The molecule has 0 fully saturated rings. The van der Waals surface area contributed by atoms with Gasteiger partial charge >= 0.3 is 0 Å². The van der Waals surface area contributed by atoms with E-state index in [9.17, 15) is 9.50 Å². The van der Waals surface area contributed by atoms with E-state index in [1.165, 1.54) is 11.6 Å². The summed E-state index contributed by atoms with van der Waals surface area (Å²) >= 11 is 0. The van der Waals surface area contributed by atoms with E-state index in [4.69, 9.17) is 0 Å². The zero-order chi connectivity index (χ0) is 17.1. The summed E-state index contributed by atoms with van der Waals surface area (Å²) in [6.45, 7) is 5.73. The van der Waals surface area contributed by atoms with Crippen LogP contribution in [0.4, 0.5) is 4.39 Å². The molecule has 0 saturated heterocycles. The number of benzene rings is 2. The van der Waals surface area contributed by atoms with Crippen molar-refractivity contribution >= 4 is 10.9 Å². The summed E-state index contributed by atoms with van der Waals surface area (Å²) in [5.41, 5.74) is 4.29. The zero-order valence-electron chi connectivity index (χ0n) is 14.1. The maximum Gasteiger partial charge on any atom is 0.123 e. The van der Waals surface area contributed by atoms with Crippen LogP contribution in [-0.2, 0) is 13.1 Å². The van der Waals surface area contributed by atoms with Crippen LogP contribution in [0.2, 0.25) is 0 Å². The van der Waals surface area contributed by atoms with Crippen LogP contribution in [0.3, 0.4) is 0 Å². The van der Waals surface area contributed by atoms with Gasteiger partial charge in [0.1, 0.15) is 5.82 Å². The van der Waals surface area contributed by atoms with E-state index >= 15 is 0 Å². The van der Waals surface area contributed by atoms with Gasteiger partial charge in [0.15, 0.2) is 0 Å². The van der Waals surface area contributed by atoms with Gasteiger partial charge in [0.05, 0.1) is 12.6 Å². The van der Waals surface area contributed by atoms with E-state index in [0.29, 0.717) is 13.1 Å². The van der Waals surface area contributed by atoms with Gasteiger partial charge in [0, 0.05) is 29.7 Å². The van der Waals surface area contributed by atoms with Crippen LogP contribution in [0.5, 0.6) is 0 Å². The average Bonchev–Trinajstić information content (AvgIpc) is 2.80. The minimum absolute atomic E-state index is 0.229. The molecule has 3 nitrogen and oxygen atoms in total. The van der Waals surface area contributed by atoms with Gasteiger partial charge in [-0.15, -0.1) is 0 Å². The highest BCUT2D eigenvalue weighted by atomic mass is 19.1. The Balaban J connectivity index is 1.67. The molecule has 0 radical (unpaired) electrons. The summed E-state index contributed by atoms with van der Waals surface area (Å²) in [6.07, 6.45) is -0.507. The van der Waals surface area contributed by atoms with Crippen molar-refractivity contribution in [3.05, 3.63) is 71.2 Å². The molecule has 0 spiro atoms. The fourth-order valence-corrected chi connectivity index (χ4v) is 3.11. The van der Waals surface area contributed by atoms with Crippen molar-refractivity contribution in [1.82, 2.24) is 9.88 Å². The van der Waals surface area contributed by atoms with Crippen LogP contribution in [0.15, 0.2) is 48.5 Å². The molecule has 1 heterocycles. The number of aliphatic hydroxyl groups excluding tert-OH is 1. The van der Waals surface area contributed by atoms with Crippen molar-refractivity contribution in [2.75, 3.05) is 6.54 Å². The Kier molecular flexibility index (Phi) is 4.97. The number of nitrogens with zero attached hydrogens (tertiary/aromatic N) is 1. The maximum absolute atomic E-state index is 13.5. The Morgan fingerprint density at radius 3 is 2.62 bits per heavy atom. The van der Waals surface area contributed by atoms with Gasteiger partial charge in [-0.3, -0.25) is 0 Å². The van der Waals surface area contributed by atoms with Crippen LogP contribution < -0.4 is 5.32 Å². The Morgan fingerprint density at radius 1 is 1.12 bits per heavy atom. The van der Waals surface area contributed by atoms with Crippen molar-refractivity contribution in [3.63, 3.8) is 0 Å². The molecule has 0 saturated carbocycles. The second kappa shape index (κ2) is 7.16. The SMILES string of the molecule is Cc1c(C)n(C[C@H](O)CNCc2ccccc2)c2ccc(F)cc12. The van der Waals surface area contributed by atoms with E-state index in [0.717, 1.165) is 28.7 Å². The number of aliphatic hydroxyl groups is 1. The van der Waals surface area contributed by atoms with Gasteiger partial charge in [0.25, 0.3) is 0 Å². The molecule has 4 heteroatoms. The minimum atomic E-state index is -0.507. The lowest BCUT2D eigenvalue weighted by molar-refractivity contribution is 0.152. The molecule has 3 aromatic rings. The van der Waals surface area contributed by atoms with Crippen LogP contribution in [-0.4, -0.2) is 22.3 Å². The minimum Gasteiger partial charge on any atom is -0.390 e. The Bertz CT molecular complexity index is 827. The molecule has 24 heavy (non-hydrogen) atoms. The molecule has 0 aliphatic carbocycles. The van der Waals surface area contributed by atoms with E-state index in [1.807, 2.05) is 32.0 Å². The van der Waals surface area contributed by atoms with Crippen molar-refractivity contribution in [2.24, 2.45) is 0 Å². The lowest BCUT2D eigenvalue weighted by Gasteiger charge is -2.15. The van der Waals surface area contributed by atoms with Crippen molar-refractivity contribution in [1.29, 1.82) is 0 Å². The fraction of sp³-hybridized carbons (Fsp3) is 0.300. The molecule has 0 unspecified atom stereocenters. The Morgan fingerprint density at radius 2 is 1.88 bits per heavy atom. The summed E-state index contributed by atoms with van der Waals surface area (Å²) in [6, 6.07) is 14.9. The van der Waals surface area contributed by atoms with Gasteiger partial charge in [-0.2, -0.15) is 0 Å². The number of hydrogen-bond donors (Lipinski definition) is 2. The molecule has 0 bridgehead atoms. The maximum atomic E-state index is 13.5. The van der Waals surface area contributed by atoms with E-state index < -0.39 is 6.10 Å². The third kappa shape index (κ3) is 3.50. The Hall–Kier alpha value is -2.17. The lowest BCUT2D eigenvalue weighted by atomic mass is 10.1. The van der Waals surface area contributed by atoms with Gasteiger partial charge in [-0.05, 0) is 43.2 Å². The van der Waals surface area contributed by atoms with Gasteiger partial charge < -0.3 is 15.0 Å². The van der Waals surface area contributed by atoms with Crippen molar-refractivity contribution < 1.29 is 9.50 Å². The summed E-state index contributed by atoms with van der Waals surface area (Å²) in [7, 11) is 0. The third-order valence-electron chi connectivity index (χ3n) is 4.55. The van der Waals surface area contributed by atoms with Crippen LogP contribution in [0.1, 0.15) is 16.8 Å². The van der Waals surface area contributed by atoms with Crippen molar-refractivity contribution in [2.45, 2.75) is 33.0 Å². The topological polar surface area (TPSA) is 37.2 Å². The molecule has 2 N–H and O–H groups in total. The first kappa shape index (κ1) is 16.7. The Labute approximate surface area is 141 Å². The lowest BCUT2D eigenvalue weighted by Crippen LogP contribution is -2.30. The van der Waals surface area contributed by atoms with Gasteiger partial charge in [-0.25, -0.2) is 4.39 Å². The van der Waals surface area contributed by atoms with Crippen molar-refractivity contribution in [3.8, 4) is 0 Å². The number of nitrogens with one attached hydrogen (secondary N) is 1. The fourth-order valence-electron chi connectivity index (χ4n) is 3.11. The van der Waals surface area contributed by atoms with Crippen LogP contribution in [0, 0.1) is 19.7 Å². The average molecular weight is 326 g/mol. The van der Waals surface area contributed by atoms with Crippen LogP contribution >= 0.6 is 0 Å². The molecule has 126 valence electrons. The van der Waals surface area contributed by atoms with E-state index in [2.05, 4.69) is 22.0 Å². The van der Waals surface area contributed by atoms with E-state index in [-0.39, 0.29) is 5.82 Å². The number of aryl methyl sites for hydroxylation is 1. The number of halogens is 1.